The summed E-state index contributed by atoms with van der Waals surface area (Å²) in [5.74, 6) is 2.25. The van der Waals surface area contributed by atoms with Crippen molar-refractivity contribution in [3.05, 3.63) is 12.0 Å². The molecule has 0 radical (unpaired) electrons. The van der Waals surface area contributed by atoms with Crippen molar-refractivity contribution in [3.63, 3.8) is 0 Å². The maximum atomic E-state index is 5.10. The maximum absolute atomic E-state index is 5.10. The van der Waals surface area contributed by atoms with Gasteiger partial charge < -0.3 is 0 Å². The van der Waals surface area contributed by atoms with Gasteiger partial charge in [0.05, 0.1) is 13.5 Å². The largest absolute Gasteiger partial charge is 0.415 e. The summed E-state index contributed by atoms with van der Waals surface area (Å²) in [6, 6.07) is 0. The van der Waals surface area contributed by atoms with Crippen molar-refractivity contribution in [1.82, 2.24) is 4.73 Å². The van der Waals surface area contributed by atoms with Gasteiger partial charge in [0, 0.05) is 4.73 Å². The Morgan fingerprint density at radius 2 is 2.50 bits per heavy atom. The van der Waals surface area contributed by atoms with Crippen LogP contribution in [0.1, 0.15) is 19.2 Å². The third kappa shape index (κ3) is 0.632. The Kier molecular flexibility index (Phi) is 1.01. The van der Waals surface area contributed by atoms with Gasteiger partial charge in [0.15, 0.2) is 6.20 Å². The van der Waals surface area contributed by atoms with Crippen molar-refractivity contribution in [2.45, 2.75) is 19.8 Å². The average Bonchev–Trinajstić information content (AvgIpc) is 2.57. The molecule has 0 aliphatic carbocycles. The molecular weight excluding hydrogens is 128 g/mol. The van der Waals surface area contributed by atoms with Crippen molar-refractivity contribution in [1.29, 1.82) is 0 Å². The molecule has 3 nitrogen and oxygen atoms in total. The molecule has 0 spiro atoms. The molecule has 3 heteroatoms. The van der Waals surface area contributed by atoms with Crippen molar-refractivity contribution in [2.24, 2.45) is 7.05 Å². The normalized spacial score (nSPS) is 12.6. The molecule has 2 rings (SSSR count). The molecular formula is C7H11N2O+. The standard InChI is InChI=1S/C7H11N2O/c1-3-4-6-8(2)5-7-9(6)10-7/h5H,3-4H2,1-2H3/q+1. The van der Waals surface area contributed by atoms with Crippen LogP contribution in [0.3, 0.4) is 0 Å². The van der Waals surface area contributed by atoms with Crippen LogP contribution in [0.4, 0.5) is 0 Å². The lowest BCUT2D eigenvalue weighted by atomic mass is 10.3. The van der Waals surface area contributed by atoms with E-state index < -0.39 is 0 Å². The first-order valence-corrected chi connectivity index (χ1v) is 3.61. The van der Waals surface area contributed by atoms with Gasteiger partial charge in [-0.25, -0.2) is 9.40 Å². The highest BCUT2D eigenvalue weighted by molar-refractivity contribution is 5.14. The topological polar surface area (TPSA) is 21.3 Å². The Bertz CT molecular complexity index is 261. The number of rotatable bonds is 2. The van der Waals surface area contributed by atoms with E-state index in [0.29, 0.717) is 0 Å². The average molecular weight is 139 g/mol. The van der Waals surface area contributed by atoms with Gasteiger partial charge in [-0.05, 0) is 6.42 Å². The summed E-state index contributed by atoms with van der Waals surface area (Å²) in [5, 5.41) is 0. The number of hydrogen-bond donors (Lipinski definition) is 0. The van der Waals surface area contributed by atoms with Gasteiger partial charge in [-0.1, -0.05) is 6.92 Å². The van der Waals surface area contributed by atoms with Crippen LogP contribution in [-0.2, 0) is 13.5 Å². The second-order valence-electron chi connectivity index (χ2n) is 2.63. The van der Waals surface area contributed by atoms with Crippen LogP contribution in [0.2, 0.25) is 0 Å². The second kappa shape index (κ2) is 1.75. The Morgan fingerprint density at radius 3 is 3.00 bits per heavy atom. The number of nitrogens with zero attached hydrogens (tertiary/aromatic N) is 2. The van der Waals surface area contributed by atoms with Gasteiger partial charge in [0.1, 0.15) is 0 Å². The summed E-state index contributed by atoms with van der Waals surface area (Å²) < 4.78 is 3.99. The Balaban J connectivity index is 2.31. The molecule has 0 unspecified atom stereocenters. The molecule has 0 saturated carbocycles. The van der Waals surface area contributed by atoms with Crippen LogP contribution >= 0.6 is 0 Å². The smallest absolute Gasteiger partial charge is 0.241 e. The predicted molar refractivity (Wildman–Crippen MR) is 35.6 cm³/mol. The van der Waals surface area contributed by atoms with E-state index >= 15 is 0 Å². The van der Waals surface area contributed by atoms with Crippen LogP contribution in [-0.4, -0.2) is 4.73 Å². The number of aryl methyl sites for hydroxylation is 1. The minimum absolute atomic E-state index is 0.992. The van der Waals surface area contributed by atoms with E-state index in [1.807, 2.05) is 18.0 Å². The van der Waals surface area contributed by atoms with E-state index in [1.54, 1.807) is 0 Å². The molecule has 0 N–H and O–H groups in total. The fourth-order valence-corrected chi connectivity index (χ4v) is 1.21. The van der Waals surface area contributed by atoms with E-state index in [0.717, 1.165) is 12.3 Å². The predicted octanol–water partition coefficient (Wildman–Crippen LogP) is 0.421. The third-order valence-corrected chi connectivity index (χ3v) is 1.77. The highest BCUT2D eigenvalue weighted by Crippen LogP contribution is 2.24. The van der Waals surface area contributed by atoms with Gasteiger partial charge in [-0.15, -0.1) is 0 Å². The molecule has 0 fully saturated rings. The first-order chi connectivity index (χ1) is 4.83. The molecule has 0 atom stereocenters. The van der Waals surface area contributed by atoms with Gasteiger partial charge in [-0.3, -0.25) is 0 Å². The summed E-state index contributed by atoms with van der Waals surface area (Å²) in [4.78, 5) is 5.10. The molecule has 1 aliphatic rings. The lowest BCUT2D eigenvalue weighted by Gasteiger charge is -1.89. The number of imidazole rings is 1. The molecule has 0 bridgehead atoms. The monoisotopic (exact) mass is 139 g/mol. The zero-order chi connectivity index (χ0) is 7.14. The lowest BCUT2D eigenvalue weighted by molar-refractivity contribution is -0.681. The zero-order valence-corrected chi connectivity index (χ0v) is 6.29. The maximum Gasteiger partial charge on any atom is 0.415 e. The molecule has 2 heterocycles. The number of fused-ring (bicyclic) bond motifs is 1. The molecule has 1 aromatic rings. The zero-order valence-electron chi connectivity index (χ0n) is 6.29. The highest BCUT2D eigenvalue weighted by Gasteiger charge is 2.37. The van der Waals surface area contributed by atoms with Crippen LogP contribution in [0, 0.1) is 0 Å². The minimum Gasteiger partial charge on any atom is -0.241 e. The Hall–Kier alpha value is -0.990. The molecule has 1 aliphatic heterocycles. The fraction of sp³-hybridized carbons (Fsp3) is 0.571. The van der Waals surface area contributed by atoms with Crippen molar-refractivity contribution in [3.8, 4) is 5.88 Å². The van der Waals surface area contributed by atoms with Crippen LogP contribution in [0.25, 0.3) is 0 Å². The van der Waals surface area contributed by atoms with E-state index in [9.17, 15) is 0 Å². The van der Waals surface area contributed by atoms with E-state index in [-0.39, 0.29) is 0 Å². The van der Waals surface area contributed by atoms with Crippen LogP contribution in [0.5, 0.6) is 5.88 Å². The Morgan fingerprint density at radius 1 is 1.70 bits per heavy atom. The minimum atomic E-state index is 0.992. The first kappa shape index (κ1) is 5.77. The summed E-state index contributed by atoms with van der Waals surface area (Å²) >= 11 is 0. The van der Waals surface area contributed by atoms with E-state index in [1.165, 1.54) is 12.2 Å². The molecule has 1 aromatic heterocycles. The van der Waals surface area contributed by atoms with Gasteiger partial charge in [0.2, 0.25) is 0 Å². The van der Waals surface area contributed by atoms with Crippen LogP contribution in [0.15, 0.2) is 6.20 Å². The fourth-order valence-electron chi connectivity index (χ4n) is 1.21. The second-order valence-corrected chi connectivity index (χ2v) is 2.63. The molecule has 54 valence electrons. The molecule has 10 heavy (non-hydrogen) atoms. The van der Waals surface area contributed by atoms with Crippen molar-refractivity contribution in [2.75, 3.05) is 0 Å². The van der Waals surface area contributed by atoms with Gasteiger partial charge in [-0.2, -0.15) is 0 Å². The third-order valence-electron chi connectivity index (χ3n) is 1.77. The van der Waals surface area contributed by atoms with Crippen molar-refractivity contribution < 1.29 is 9.40 Å². The Labute approximate surface area is 59.8 Å². The van der Waals surface area contributed by atoms with E-state index in [4.69, 9.17) is 4.84 Å². The summed E-state index contributed by atoms with van der Waals surface area (Å²) in [5.41, 5.74) is 0. The van der Waals surface area contributed by atoms with E-state index in [2.05, 4.69) is 11.5 Å². The molecule has 0 aromatic carbocycles. The summed E-state index contributed by atoms with van der Waals surface area (Å²) in [6.45, 7) is 2.17. The number of hydrogen-bond acceptors (Lipinski definition) is 1. The van der Waals surface area contributed by atoms with Gasteiger partial charge >= 0.3 is 11.7 Å². The highest BCUT2D eigenvalue weighted by atomic mass is 16.8. The molecule has 0 saturated heterocycles. The number of aromatic nitrogens is 2. The van der Waals surface area contributed by atoms with Crippen molar-refractivity contribution >= 4 is 0 Å². The summed E-state index contributed by atoms with van der Waals surface area (Å²) in [7, 11) is 2.05. The SMILES string of the molecule is CCCc1n2c(c[n+]1C)O2. The quantitative estimate of drug-likeness (QED) is 0.436. The van der Waals surface area contributed by atoms with Crippen LogP contribution < -0.4 is 9.40 Å². The lowest BCUT2D eigenvalue weighted by Crippen LogP contribution is -2.32. The summed E-state index contributed by atoms with van der Waals surface area (Å²) in [6.07, 6.45) is 4.27. The molecule has 0 amide bonds. The first-order valence-electron chi connectivity index (χ1n) is 3.61. The van der Waals surface area contributed by atoms with Gasteiger partial charge in [0.25, 0.3) is 0 Å².